The zero-order valence-corrected chi connectivity index (χ0v) is 18.0. The van der Waals surface area contributed by atoms with E-state index in [4.69, 9.17) is 14.5 Å². The molecule has 0 radical (unpaired) electrons. The van der Waals surface area contributed by atoms with Crippen LogP contribution in [-0.4, -0.2) is 41.9 Å². The van der Waals surface area contributed by atoms with Gasteiger partial charge in [-0.05, 0) is 40.0 Å². The summed E-state index contributed by atoms with van der Waals surface area (Å²) in [6.45, 7) is -0.432. The zero-order chi connectivity index (χ0) is 20.6. The van der Waals surface area contributed by atoms with Crippen LogP contribution in [0.1, 0.15) is 16.9 Å². The summed E-state index contributed by atoms with van der Waals surface area (Å²) in [6, 6.07) is 2.81. The number of hydrogen-bond acceptors (Lipinski definition) is 6. The summed E-state index contributed by atoms with van der Waals surface area (Å²) < 4.78 is 67.4. The second-order valence-electron chi connectivity index (χ2n) is 5.79. The maximum Gasteiger partial charge on any atom is 0.400 e. The Morgan fingerprint density at radius 2 is 1.96 bits per heavy atom. The van der Waals surface area contributed by atoms with Crippen molar-refractivity contribution in [3.63, 3.8) is 0 Å². The Kier molecular flexibility index (Phi) is 6.73. The van der Waals surface area contributed by atoms with Gasteiger partial charge in [0.25, 0.3) is 0 Å². The Morgan fingerprint density at radius 1 is 1.33 bits per heavy atom. The van der Waals surface area contributed by atoms with Crippen molar-refractivity contribution < 1.29 is 41.4 Å². The molecule has 0 unspecified atom stereocenters. The first-order chi connectivity index (χ1) is 12.3. The molecule has 1 heterocycles. The number of aliphatic hydroxyl groups excluding tert-OH is 1. The van der Waals surface area contributed by atoms with E-state index < -0.39 is 34.6 Å². The number of halogens is 3. The van der Waals surface area contributed by atoms with Crippen molar-refractivity contribution in [2.24, 2.45) is 0 Å². The van der Waals surface area contributed by atoms with Crippen LogP contribution in [0.4, 0.5) is 8.78 Å². The number of aliphatic hydroxyl groups is 1. The standard InChI is InChI=1S/C14H16BrF2O7PS2/c1-27(22,23)4-2-3-24-10-6-8(7-18)5-9-11(15)13(26-12(9)10)14(16,17)25(19,20)21/h5-6,18H,2-4,7H2,1H3,(H2,19,20,21). The summed E-state index contributed by atoms with van der Waals surface area (Å²) in [5.41, 5.74) is -4.06. The average Bonchev–Trinajstić information content (AvgIpc) is 2.87. The van der Waals surface area contributed by atoms with Crippen molar-refractivity contribution >= 4 is 54.8 Å². The van der Waals surface area contributed by atoms with Crippen molar-refractivity contribution in [2.45, 2.75) is 18.7 Å². The Balaban J connectivity index is 2.48. The number of alkyl halides is 2. The predicted octanol–water partition coefficient (Wildman–Crippen LogP) is 3.20. The molecule has 152 valence electrons. The molecule has 0 atom stereocenters. The molecule has 0 aliphatic carbocycles. The van der Waals surface area contributed by atoms with Gasteiger partial charge in [0.05, 0.1) is 23.7 Å². The van der Waals surface area contributed by atoms with E-state index in [2.05, 4.69) is 15.9 Å². The molecular weight excluding hydrogens is 493 g/mol. The van der Waals surface area contributed by atoms with Crippen LogP contribution in [0.2, 0.25) is 0 Å². The molecule has 1 aromatic carbocycles. The van der Waals surface area contributed by atoms with Gasteiger partial charge in [-0.1, -0.05) is 0 Å². The number of hydrogen-bond donors (Lipinski definition) is 3. The van der Waals surface area contributed by atoms with Crippen molar-refractivity contribution in [3.05, 3.63) is 27.0 Å². The third-order valence-corrected chi connectivity index (χ3v) is 8.01. The highest BCUT2D eigenvalue weighted by Gasteiger charge is 2.53. The van der Waals surface area contributed by atoms with E-state index in [1.54, 1.807) is 0 Å². The molecule has 0 aliphatic heterocycles. The molecule has 13 heteroatoms. The fraction of sp³-hybridized carbons (Fsp3) is 0.429. The van der Waals surface area contributed by atoms with Crippen LogP contribution >= 0.6 is 34.9 Å². The molecule has 1 aromatic heterocycles. The van der Waals surface area contributed by atoms with Gasteiger partial charge >= 0.3 is 13.3 Å². The van der Waals surface area contributed by atoms with Gasteiger partial charge in [-0.2, -0.15) is 8.78 Å². The Bertz CT molecular complexity index is 1000. The highest BCUT2D eigenvalue weighted by Crippen LogP contribution is 2.63. The molecule has 0 fully saturated rings. The fourth-order valence-corrected chi connectivity index (χ4v) is 5.84. The summed E-state index contributed by atoms with van der Waals surface area (Å²) in [6.07, 6.45) is 1.24. The average molecular weight is 509 g/mol. The molecule has 0 bridgehead atoms. The first-order valence-electron chi connectivity index (χ1n) is 7.38. The van der Waals surface area contributed by atoms with E-state index >= 15 is 0 Å². The highest BCUT2D eigenvalue weighted by atomic mass is 79.9. The molecule has 0 amide bonds. The number of thiophene rings is 1. The summed E-state index contributed by atoms with van der Waals surface area (Å²) in [7, 11) is -8.94. The fourth-order valence-electron chi connectivity index (χ4n) is 2.22. The largest absolute Gasteiger partial charge is 0.492 e. The third kappa shape index (κ3) is 5.06. The predicted molar refractivity (Wildman–Crippen MR) is 101 cm³/mol. The monoisotopic (exact) mass is 508 g/mol. The van der Waals surface area contributed by atoms with Crippen LogP contribution in [0.5, 0.6) is 5.75 Å². The molecule has 0 saturated carbocycles. The van der Waals surface area contributed by atoms with Crippen LogP contribution in [0.15, 0.2) is 16.6 Å². The first kappa shape index (κ1) is 22.7. The van der Waals surface area contributed by atoms with Gasteiger partial charge in [0.1, 0.15) is 20.5 Å². The summed E-state index contributed by atoms with van der Waals surface area (Å²) in [4.78, 5) is 17.1. The minimum atomic E-state index is -5.76. The Morgan fingerprint density at radius 3 is 2.48 bits per heavy atom. The third-order valence-electron chi connectivity index (χ3n) is 3.49. The molecule has 0 aliphatic rings. The number of fused-ring (bicyclic) bond motifs is 1. The van der Waals surface area contributed by atoms with Gasteiger partial charge < -0.3 is 19.6 Å². The lowest BCUT2D eigenvalue weighted by atomic mass is 10.1. The van der Waals surface area contributed by atoms with Crippen molar-refractivity contribution in [3.8, 4) is 5.75 Å². The molecule has 7 nitrogen and oxygen atoms in total. The lowest BCUT2D eigenvalue weighted by Crippen LogP contribution is -2.12. The molecular formula is C14H16BrF2O7PS2. The van der Waals surface area contributed by atoms with E-state index in [9.17, 15) is 26.9 Å². The topological polar surface area (TPSA) is 121 Å². The number of benzene rings is 1. The van der Waals surface area contributed by atoms with Crippen LogP contribution in [0.25, 0.3) is 10.1 Å². The highest BCUT2D eigenvalue weighted by molar-refractivity contribution is 9.10. The van der Waals surface area contributed by atoms with Crippen LogP contribution in [0, 0.1) is 0 Å². The second kappa shape index (κ2) is 8.02. The number of sulfone groups is 1. The normalized spacial score (nSPS) is 13.3. The van der Waals surface area contributed by atoms with E-state index in [1.165, 1.54) is 12.1 Å². The maximum atomic E-state index is 14.2. The van der Waals surface area contributed by atoms with Gasteiger partial charge in [0.2, 0.25) is 0 Å². The van der Waals surface area contributed by atoms with E-state index in [-0.39, 0.29) is 39.1 Å². The SMILES string of the molecule is CS(=O)(=O)CCCOc1cc(CO)cc2c(Br)c(C(F)(F)P(=O)(O)O)sc12. The van der Waals surface area contributed by atoms with E-state index in [1.807, 2.05) is 0 Å². The Hall–Kier alpha value is -0.620. The van der Waals surface area contributed by atoms with Crippen LogP contribution in [0.3, 0.4) is 0 Å². The quantitative estimate of drug-likeness (QED) is 0.369. The second-order valence-corrected chi connectivity index (χ2v) is 11.5. The van der Waals surface area contributed by atoms with E-state index in [0.717, 1.165) is 6.26 Å². The number of ether oxygens (including phenoxy) is 1. The molecule has 2 aromatic rings. The van der Waals surface area contributed by atoms with Crippen LogP contribution in [-0.2, 0) is 26.7 Å². The summed E-state index contributed by atoms with van der Waals surface area (Å²) in [5, 5.41) is 9.57. The zero-order valence-electron chi connectivity index (χ0n) is 13.9. The van der Waals surface area contributed by atoms with Crippen LogP contribution < -0.4 is 4.74 Å². The maximum absolute atomic E-state index is 14.2. The minimum absolute atomic E-state index is 0.0171. The first-order valence-corrected chi connectivity index (χ1v) is 12.7. The molecule has 2 rings (SSSR count). The lowest BCUT2D eigenvalue weighted by Gasteiger charge is -2.16. The summed E-state index contributed by atoms with van der Waals surface area (Å²) in [5.74, 6) is -0.00518. The smallest absolute Gasteiger partial charge is 0.400 e. The molecule has 3 N–H and O–H groups in total. The molecule has 27 heavy (non-hydrogen) atoms. The number of rotatable bonds is 8. The van der Waals surface area contributed by atoms with E-state index in [0.29, 0.717) is 16.9 Å². The van der Waals surface area contributed by atoms with Gasteiger partial charge in [-0.25, -0.2) is 8.42 Å². The Labute approximate surface area is 166 Å². The van der Waals surface area contributed by atoms with Gasteiger partial charge in [0, 0.05) is 16.1 Å². The minimum Gasteiger partial charge on any atom is -0.492 e. The molecule has 0 saturated heterocycles. The summed E-state index contributed by atoms with van der Waals surface area (Å²) >= 11 is 3.41. The van der Waals surface area contributed by atoms with Gasteiger partial charge in [-0.15, -0.1) is 11.3 Å². The van der Waals surface area contributed by atoms with Crippen molar-refractivity contribution in [1.29, 1.82) is 0 Å². The lowest BCUT2D eigenvalue weighted by molar-refractivity contribution is 0.0595. The van der Waals surface area contributed by atoms with Crippen molar-refractivity contribution in [2.75, 3.05) is 18.6 Å². The van der Waals surface area contributed by atoms with Gasteiger partial charge in [0.15, 0.2) is 0 Å². The molecule has 0 spiro atoms. The van der Waals surface area contributed by atoms with Crippen molar-refractivity contribution in [1.82, 2.24) is 0 Å². The van der Waals surface area contributed by atoms with Gasteiger partial charge in [-0.3, -0.25) is 4.57 Å².